The molecule has 1 amide bonds. The first-order valence-corrected chi connectivity index (χ1v) is 12.5. The van der Waals surface area contributed by atoms with Crippen LogP contribution in [0.15, 0.2) is 30.3 Å². The average Bonchev–Trinajstić information content (AvgIpc) is 2.85. The Morgan fingerprint density at radius 3 is 2.33 bits per heavy atom. The molecule has 1 spiro atoms. The summed E-state index contributed by atoms with van der Waals surface area (Å²) in [5.74, 6) is 0.477. The van der Waals surface area contributed by atoms with E-state index in [4.69, 9.17) is 4.74 Å². The number of benzene rings is 2. The number of amides is 1. The Labute approximate surface area is 210 Å². The summed E-state index contributed by atoms with van der Waals surface area (Å²) in [7, 11) is 2.03. The lowest BCUT2D eigenvalue weighted by Crippen LogP contribution is -2.52. The van der Waals surface area contributed by atoms with Crippen LogP contribution in [0.2, 0.25) is 0 Å². The number of nitro benzene ring substituents is 1. The molecule has 2 fully saturated rings. The summed E-state index contributed by atoms with van der Waals surface area (Å²) in [6.07, 6.45) is 1.38. The minimum Gasteiger partial charge on any atom is -0.486 e. The van der Waals surface area contributed by atoms with Crippen molar-refractivity contribution in [2.75, 3.05) is 51.2 Å². The molecule has 0 N–H and O–H groups in total. The van der Waals surface area contributed by atoms with E-state index in [0.717, 1.165) is 24.2 Å². The molecule has 0 aromatic heterocycles. The number of nitrogens with zero attached hydrogens (tertiary/aromatic N) is 4. The predicted octanol–water partition coefficient (Wildman–Crippen LogP) is 3.60. The standard InChI is InChI=1S/C27H32N4O5/c1-18-14-21-24(32)17-27(36-25(21)15-19(18)2)6-8-30(9-7-27)26(33)20-4-5-22(23(16-20)31(34)35)29-12-10-28(3)11-13-29/h4-5,14-16H,6-13,17H2,1-3H3. The van der Waals surface area contributed by atoms with Gasteiger partial charge in [0.15, 0.2) is 5.78 Å². The normalized spacial score (nSPS) is 19.7. The fourth-order valence-electron chi connectivity index (χ4n) is 5.45. The predicted molar refractivity (Wildman–Crippen MR) is 136 cm³/mol. The van der Waals surface area contributed by atoms with Gasteiger partial charge in [0.1, 0.15) is 17.0 Å². The fourth-order valence-corrected chi connectivity index (χ4v) is 5.45. The third-order valence-electron chi connectivity index (χ3n) is 7.93. The number of anilines is 1. The Hall–Kier alpha value is -3.46. The third kappa shape index (κ3) is 4.43. The van der Waals surface area contributed by atoms with Crippen LogP contribution in [-0.4, -0.2) is 78.3 Å². The van der Waals surface area contributed by atoms with E-state index in [1.165, 1.54) is 6.07 Å². The highest BCUT2D eigenvalue weighted by atomic mass is 16.6. The zero-order chi connectivity index (χ0) is 25.6. The maximum absolute atomic E-state index is 13.3. The third-order valence-corrected chi connectivity index (χ3v) is 7.93. The molecule has 0 aliphatic carbocycles. The van der Waals surface area contributed by atoms with E-state index in [0.29, 0.717) is 68.0 Å². The summed E-state index contributed by atoms with van der Waals surface area (Å²) in [4.78, 5) is 43.6. The van der Waals surface area contributed by atoms with Crippen LogP contribution in [0.5, 0.6) is 5.75 Å². The molecule has 9 heteroatoms. The van der Waals surface area contributed by atoms with Gasteiger partial charge in [-0.3, -0.25) is 19.7 Å². The zero-order valence-corrected chi connectivity index (χ0v) is 21.1. The van der Waals surface area contributed by atoms with E-state index in [1.54, 1.807) is 17.0 Å². The van der Waals surface area contributed by atoms with Gasteiger partial charge in [0, 0.05) is 63.7 Å². The number of piperazine rings is 1. The van der Waals surface area contributed by atoms with Crippen molar-refractivity contribution in [2.45, 2.75) is 38.7 Å². The summed E-state index contributed by atoms with van der Waals surface area (Å²) < 4.78 is 6.38. The molecule has 190 valence electrons. The van der Waals surface area contributed by atoms with Crippen molar-refractivity contribution in [1.82, 2.24) is 9.80 Å². The number of nitro groups is 1. The van der Waals surface area contributed by atoms with E-state index < -0.39 is 10.5 Å². The molecule has 0 saturated carbocycles. The smallest absolute Gasteiger partial charge is 0.293 e. The van der Waals surface area contributed by atoms with Crippen molar-refractivity contribution >= 4 is 23.1 Å². The maximum Gasteiger partial charge on any atom is 0.293 e. The molecule has 3 aliphatic rings. The van der Waals surface area contributed by atoms with Crippen LogP contribution in [0.1, 0.15) is 51.1 Å². The Balaban J connectivity index is 1.30. The summed E-state index contributed by atoms with van der Waals surface area (Å²) in [6.45, 7) is 7.93. The molecule has 2 saturated heterocycles. The van der Waals surface area contributed by atoms with E-state index >= 15 is 0 Å². The molecular formula is C27H32N4O5. The molecule has 0 bridgehead atoms. The topological polar surface area (TPSA) is 96.2 Å². The first-order valence-electron chi connectivity index (χ1n) is 12.5. The SMILES string of the molecule is Cc1cc2c(cc1C)C(=O)CC1(CCN(C(=O)c3ccc(N4CCN(C)CC4)c([N+](=O)[O-])c3)CC1)O2. The number of hydrogen-bond acceptors (Lipinski definition) is 7. The number of fused-ring (bicyclic) bond motifs is 1. The van der Waals surface area contributed by atoms with Gasteiger partial charge in [0.05, 0.1) is 16.9 Å². The number of ether oxygens (including phenoxy) is 1. The number of rotatable bonds is 3. The molecule has 2 aromatic carbocycles. The second-order valence-corrected chi connectivity index (χ2v) is 10.4. The van der Waals surface area contributed by atoms with Crippen molar-refractivity contribution in [2.24, 2.45) is 0 Å². The van der Waals surface area contributed by atoms with Crippen LogP contribution in [0.25, 0.3) is 0 Å². The number of likely N-dealkylation sites (N-methyl/N-ethyl adjacent to an activating group) is 1. The van der Waals surface area contributed by atoms with Gasteiger partial charge in [0.25, 0.3) is 11.6 Å². The van der Waals surface area contributed by atoms with Gasteiger partial charge in [-0.15, -0.1) is 0 Å². The largest absolute Gasteiger partial charge is 0.486 e. The monoisotopic (exact) mass is 492 g/mol. The highest BCUT2D eigenvalue weighted by molar-refractivity contribution is 6.01. The molecule has 0 atom stereocenters. The van der Waals surface area contributed by atoms with Crippen molar-refractivity contribution in [3.63, 3.8) is 0 Å². The molecular weight excluding hydrogens is 460 g/mol. The number of piperidine rings is 1. The Bertz CT molecular complexity index is 1230. The number of aryl methyl sites for hydroxylation is 2. The maximum atomic E-state index is 13.3. The van der Waals surface area contributed by atoms with Gasteiger partial charge in [-0.2, -0.15) is 0 Å². The van der Waals surface area contributed by atoms with E-state index in [-0.39, 0.29) is 17.4 Å². The molecule has 3 aliphatic heterocycles. The van der Waals surface area contributed by atoms with Gasteiger partial charge in [-0.1, -0.05) is 0 Å². The number of carbonyl (C=O) groups is 2. The van der Waals surface area contributed by atoms with E-state index in [9.17, 15) is 19.7 Å². The Morgan fingerprint density at radius 1 is 1.00 bits per heavy atom. The van der Waals surface area contributed by atoms with Crippen molar-refractivity contribution in [3.05, 3.63) is 62.7 Å². The molecule has 36 heavy (non-hydrogen) atoms. The summed E-state index contributed by atoms with van der Waals surface area (Å²) >= 11 is 0. The van der Waals surface area contributed by atoms with E-state index in [2.05, 4.69) is 4.90 Å². The van der Waals surface area contributed by atoms with Gasteiger partial charge in [0.2, 0.25) is 0 Å². The second kappa shape index (κ2) is 9.20. The first kappa shape index (κ1) is 24.2. The van der Waals surface area contributed by atoms with Crippen molar-refractivity contribution in [1.29, 1.82) is 0 Å². The van der Waals surface area contributed by atoms with Crippen molar-refractivity contribution < 1.29 is 19.2 Å². The zero-order valence-electron chi connectivity index (χ0n) is 21.1. The molecule has 9 nitrogen and oxygen atoms in total. The Kier molecular flexibility index (Phi) is 6.20. The average molecular weight is 493 g/mol. The van der Waals surface area contributed by atoms with Crippen LogP contribution in [-0.2, 0) is 0 Å². The van der Waals surface area contributed by atoms with Crippen molar-refractivity contribution in [3.8, 4) is 5.75 Å². The Morgan fingerprint density at radius 2 is 1.67 bits per heavy atom. The summed E-state index contributed by atoms with van der Waals surface area (Å²) in [6, 6.07) is 8.63. The minimum absolute atomic E-state index is 0.0395. The number of Topliss-reactive ketones (excluding diaryl/α,β-unsaturated/α-hetero) is 1. The molecule has 3 heterocycles. The van der Waals surface area contributed by atoms with Gasteiger partial charge < -0.3 is 19.4 Å². The lowest BCUT2D eigenvalue weighted by Gasteiger charge is -2.44. The lowest BCUT2D eigenvalue weighted by molar-refractivity contribution is -0.384. The molecule has 0 radical (unpaired) electrons. The number of hydrogen-bond donors (Lipinski definition) is 0. The van der Waals surface area contributed by atoms with Crippen LogP contribution in [0.4, 0.5) is 11.4 Å². The molecule has 0 unspecified atom stereocenters. The van der Waals surface area contributed by atoms with Crippen LogP contribution in [0, 0.1) is 24.0 Å². The number of likely N-dealkylation sites (tertiary alicyclic amines) is 1. The highest BCUT2D eigenvalue weighted by Crippen LogP contribution is 2.41. The summed E-state index contributed by atoms with van der Waals surface area (Å²) in [5.41, 5.74) is 2.99. The molecule has 5 rings (SSSR count). The highest BCUT2D eigenvalue weighted by Gasteiger charge is 2.44. The quantitative estimate of drug-likeness (QED) is 0.477. The molecule has 2 aromatic rings. The van der Waals surface area contributed by atoms with Crippen LogP contribution in [0.3, 0.4) is 0 Å². The minimum atomic E-state index is -0.611. The second-order valence-electron chi connectivity index (χ2n) is 10.4. The van der Waals surface area contributed by atoms with Crippen LogP contribution >= 0.6 is 0 Å². The van der Waals surface area contributed by atoms with Gasteiger partial charge >= 0.3 is 0 Å². The first-order chi connectivity index (χ1) is 17.2. The lowest BCUT2D eigenvalue weighted by atomic mass is 9.81. The number of carbonyl (C=O) groups excluding carboxylic acids is 2. The van der Waals surface area contributed by atoms with E-state index in [1.807, 2.05) is 37.9 Å². The summed E-state index contributed by atoms with van der Waals surface area (Å²) in [5, 5.41) is 11.9. The van der Waals surface area contributed by atoms with Gasteiger partial charge in [-0.25, -0.2) is 0 Å². The fraction of sp³-hybridized carbons (Fsp3) is 0.481. The van der Waals surface area contributed by atoms with Gasteiger partial charge in [-0.05, 0) is 56.3 Å². The number of ketones is 1. The van der Waals surface area contributed by atoms with Crippen LogP contribution < -0.4 is 9.64 Å².